The molecule has 2 rings (SSSR count). The average molecular weight is 278 g/mol. The minimum atomic E-state index is 0.422. The Labute approximate surface area is 121 Å². The van der Waals surface area contributed by atoms with E-state index in [0.29, 0.717) is 5.41 Å². The molecule has 0 saturated heterocycles. The van der Waals surface area contributed by atoms with Gasteiger partial charge in [0.2, 0.25) is 5.95 Å². The number of methoxy groups -OCH3 is 1. The smallest absolute Gasteiger partial charge is 0.224 e. The zero-order valence-corrected chi connectivity index (χ0v) is 12.8. The fourth-order valence-electron chi connectivity index (χ4n) is 2.26. The Bertz CT molecular complexity index is 432. The second-order valence-corrected chi connectivity index (χ2v) is 5.74. The van der Waals surface area contributed by atoms with Gasteiger partial charge in [0.05, 0.1) is 0 Å². The van der Waals surface area contributed by atoms with E-state index in [-0.39, 0.29) is 0 Å². The van der Waals surface area contributed by atoms with Gasteiger partial charge in [-0.1, -0.05) is 6.92 Å². The van der Waals surface area contributed by atoms with Gasteiger partial charge < -0.3 is 15.4 Å². The molecule has 20 heavy (non-hydrogen) atoms. The number of hydrogen-bond donors (Lipinski definition) is 2. The van der Waals surface area contributed by atoms with Gasteiger partial charge >= 0.3 is 0 Å². The number of rotatable bonds is 9. The first kappa shape index (κ1) is 15.0. The zero-order chi connectivity index (χ0) is 14.4. The molecule has 5 heteroatoms. The standard InChI is InChI=1S/C15H26N4O/c1-4-8-16-14-18-12(2)10-13(19-14)17-11-15(5-6-15)7-9-20-3/h10H,4-9,11H2,1-3H3,(H2,16,17,18,19). The molecule has 1 heterocycles. The van der Waals surface area contributed by atoms with Gasteiger partial charge in [0.1, 0.15) is 5.82 Å². The van der Waals surface area contributed by atoms with Crippen LogP contribution in [0.2, 0.25) is 0 Å². The highest BCUT2D eigenvalue weighted by Crippen LogP contribution is 2.48. The summed E-state index contributed by atoms with van der Waals surface area (Å²) in [5.41, 5.74) is 1.41. The van der Waals surface area contributed by atoms with Gasteiger partial charge in [0, 0.05) is 38.6 Å². The van der Waals surface area contributed by atoms with Gasteiger partial charge in [0.25, 0.3) is 0 Å². The van der Waals surface area contributed by atoms with Crippen molar-refractivity contribution < 1.29 is 4.74 Å². The van der Waals surface area contributed by atoms with E-state index in [0.717, 1.165) is 50.0 Å². The molecule has 112 valence electrons. The van der Waals surface area contributed by atoms with Crippen LogP contribution >= 0.6 is 0 Å². The van der Waals surface area contributed by atoms with Crippen molar-refractivity contribution in [1.29, 1.82) is 0 Å². The van der Waals surface area contributed by atoms with Crippen LogP contribution in [0.25, 0.3) is 0 Å². The largest absolute Gasteiger partial charge is 0.385 e. The first-order valence-corrected chi connectivity index (χ1v) is 7.50. The molecular weight excluding hydrogens is 252 g/mol. The Kier molecular flexibility index (Phi) is 5.17. The summed E-state index contributed by atoms with van der Waals surface area (Å²) >= 11 is 0. The second kappa shape index (κ2) is 6.88. The molecule has 5 nitrogen and oxygen atoms in total. The second-order valence-electron chi connectivity index (χ2n) is 5.74. The predicted molar refractivity (Wildman–Crippen MR) is 82.2 cm³/mol. The summed E-state index contributed by atoms with van der Waals surface area (Å²) < 4.78 is 5.19. The molecule has 0 bridgehead atoms. The number of nitrogens with zero attached hydrogens (tertiary/aromatic N) is 2. The summed E-state index contributed by atoms with van der Waals surface area (Å²) in [6, 6.07) is 2.00. The first-order chi connectivity index (χ1) is 9.67. The van der Waals surface area contributed by atoms with Crippen LogP contribution in [0.15, 0.2) is 6.07 Å². The maximum Gasteiger partial charge on any atom is 0.224 e. The molecule has 2 N–H and O–H groups in total. The van der Waals surface area contributed by atoms with Crippen LogP contribution in [-0.4, -0.2) is 36.8 Å². The Balaban J connectivity index is 1.90. The third-order valence-electron chi connectivity index (χ3n) is 3.83. The van der Waals surface area contributed by atoms with Crippen LogP contribution in [-0.2, 0) is 4.74 Å². The van der Waals surface area contributed by atoms with Crippen LogP contribution in [0.1, 0.15) is 38.3 Å². The van der Waals surface area contributed by atoms with Crippen molar-refractivity contribution in [2.45, 2.75) is 39.5 Å². The van der Waals surface area contributed by atoms with Crippen LogP contribution in [0.3, 0.4) is 0 Å². The van der Waals surface area contributed by atoms with Crippen molar-refractivity contribution in [2.75, 3.05) is 37.4 Å². The van der Waals surface area contributed by atoms with Gasteiger partial charge in [-0.2, -0.15) is 4.98 Å². The molecule has 1 saturated carbocycles. The van der Waals surface area contributed by atoms with E-state index in [1.54, 1.807) is 7.11 Å². The van der Waals surface area contributed by atoms with E-state index in [1.165, 1.54) is 12.8 Å². The lowest BCUT2D eigenvalue weighted by Crippen LogP contribution is -2.18. The third kappa shape index (κ3) is 4.34. The van der Waals surface area contributed by atoms with Gasteiger partial charge in [0.15, 0.2) is 0 Å². The molecule has 0 unspecified atom stereocenters. The van der Waals surface area contributed by atoms with Crippen molar-refractivity contribution in [1.82, 2.24) is 9.97 Å². The fourth-order valence-corrected chi connectivity index (χ4v) is 2.26. The SMILES string of the molecule is CCCNc1nc(C)cc(NCC2(CCOC)CC2)n1. The number of anilines is 2. The highest BCUT2D eigenvalue weighted by molar-refractivity contribution is 5.42. The molecule has 1 aromatic heterocycles. The van der Waals surface area contributed by atoms with Crippen LogP contribution in [0, 0.1) is 12.3 Å². The Morgan fingerprint density at radius 3 is 2.75 bits per heavy atom. The quantitative estimate of drug-likeness (QED) is 0.727. The van der Waals surface area contributed by atoms with Gasteiger partial charge in [-0.25, -0.2) is 4.98 Å². The molecular formula is C15H26N4O. The van der Waals surface area contributed by atoms with Crippen LogP contribution in [0.5, 0.6) is 0 Å². The lowest BCUT2D eigenvalue weighted by atomic mass is 10.0. The van der Waals surface area contributed by atoms with E-state index in [2.05, 4.69) is 27.5 Å². The summed E-state index contributed by atoms with van der Waals surface area (Å²) in [6.45, 7) is 6.85. The van der Waals surface area contributed by atoms with Crippen LogP contribution < -0.4 is 10.6 Å². The zero-order valence-electron chi connectivity index (χ0n) is 12.8. The molecule has 0 aliphatic heterocycles. The maximum absolute atomic E-state index is 5.19. The molecule has 1 aliphatic rings. The number of ether oxygens (including phenoxy) is 1. The van der Waals surface area contributed by atoms with E-state index in [1.807, 2.05) is 13.0 Å². The van der Waals surface area contributed by atoms with Crippen molar-refractivity contribution in [3.8, 4) is 0 Å². The van der Waals surface area contributed by atoms with E-state index >= 15 is 0 Å². The monoisotopic (exact) mass is 278 g/mol. The van der Waals surface area contributed by atoms with Crippen molar-refractivity contribution in [3.05, 3.63) is 11.8 Å². The fraction of sp³-hybridized carbons (Fsp3) is 0.733. The summed E-state index contributed by atoms with van der Waals surface area (Å²) in [6.07, 6.45) is 4.77. The minimum absolute atomic E-state index is 0.422. The van der Waals surface area contributed by atoms with Gasteiger partial charge in [-0.05, 0) is 38.0 Å². The molecule has 1 fully saturated rings. The highest BCUT2D eigenvalue weighted by atomic mass is 16.5. The Hall–Kier alpha value is -1.36. The number of aryl methyl sites for hydroxylation is 1. The van der Waals surface area contributed by atoms with Crippen molar-refractivity contribution in [2.24, 2.45) is 5.41 Å². The van der Waals surface area contributed by atoms with E-state index in [9.17, 15) is 0 Å². The molecule has 1 aromatic rings. The molecule has 0 aromatic carbocycles. The normalized spacial score (nSPS) is 15.9. The third-order valence-corrected chi connectivity index (χ3v) is 3.83. The van der Waals surface area contributed by atoms with Crippen LogP contribution in [0.4, 0.5) is 11.8 Å². The van der Waals surface area contributed by atoms with Crippen molar-refractivity contribution >= 4 is 11.8 Å². The van der Waals surface area contributed by atoms with Gasteiger partial charge in [-0.3, -0.25) is 0 Å². The summed E-state index contributed by atoms with van der Waals surface area (Å²) in [7, 11) is 1.77. The number of nitrogens with one attached hydrogen (secondary N) is 2. The molecule has 0 atom stereocenters. The van der Waals surface area contributed by atoms with E-state index in [4.69, 9.17) is 4.74 Å². The molecule has 0 radical (unpaired) electrons. The molecule has 0 spiro atoms. The number of hydrogen-bond acceptors (Lipinski definition) is 5. The average Bonchev–Trinajstić information content (AvgIpc) is 3.21. The maximum atomic E-state index is 5.19. The van der Waals surface area contributed by atoms with Gasteiger partial charge in [-0.15, -0.1) is 0 Å². The predicted octanol–water partition coefficient (Wildman–Crippen LogP) is 2.84. The number of aromatic nitrogens is 2. The highest BCUT2D eigenvalue weighted by Gasteiger charge is 2.41. The summed E-state index contributed by atoms with van der Waals surface area (Å²) in [5.74, 6) is 1.64. The molecule has 0 amide bonds. The van der Waals surface area contributed by atoms with Crippen molar-refractivity contribution in [3.63, 3.8) is 0 Å². The Morgan fingerprint density at radius 1 is 1.30 bits per heavy atom. The lowest BCUT2D eigenvalue weighted by Gasteiger charge is -2.16. The topological polar surface area (TPSA) is 59.1 Å². The van der Waals surface area contributed by atoms with E-state index < -0.39 is 0 Å². The minimum Gasteiger partial charge on any atom is -0.385 e. The first-order valence-electron chi connectivity index (χ1n) is 7.50. The summed E-state index contributed by atoms with van der Waals surface area (Å²) in [5, 5.41) is 6.71. The molecule has 1 aliphatic carbocycles. The summed E-state index contributed by atoms with van der Waals surface area (Å²) in [4.78, 5) is 8.92. The Morgan fingerprint density at radius 2 is 2.10 bits per heavy atom. The lowest BCUT2D eigenvalue weighted by molar-refractivity contribution is 0.175.